The van der Waals surface area contributed by atoms with Crippen LogP contribution in [0.2, 0.25) is 0 Å². The number of alkyl halides is 3. The van der Waals surface area contributed by atoms with Gasteiger partial charge in [-0.1, -0.05) is 50.2 Å². The molecule has 12 heteroatoms. The molecule has 0 aliphatic carbocycles. The lowest BCUT2D eigenvalue weighted by molar-refractivity contribution is -0.274. The quantitative estimate of drug-likeness (QED) is 0.0839. The van der Waals surface area contributed by atoms with E-state index < -0.39 is 12.2 Å². The van der Waals surface area contributed by atoms with Crippen LogP contribution in [0.25, 0.3) is 0 Å². The van der Waals surface area contributed by atoms with Crippen molar-refractivity contribution >= 4 is 47.1 Å². The predicted molar refractivity (Wildman–Crippen MR) is 146 cm³/mol. The van der Waals surface area contributed by atoms with Crippen molar-refractivity contribution in [2.75, 3.05) is 10.6 Å². The second-order valence-electron chi connectivity index (χ2n) is 8.13. The smallest absolute Gasteiger partial charge is 0.406 e. The Hall–Kier alpha value is -4.32. The first-order chi connectivity index (χ1) is 18.0. The van der Waals surface area contributed by atoms with E-state index in [9.17, 15) is 17.6 Å². The summed E-state index contributed by atoms with van der Waals surface area (Å²) < 4.78 is 54.7. The molecule has 0 bridgehead atoms. The number of rotatable bonds is 8. The molecule has 0 aliphatic rings. The van der Waals surface area contributed by atoms with Crippen molar-refractivity contribution in [1.29, 1.82) is 5.41 Å². The van der Waals surface area contributed by atoms with Crippen molar-refractivity contribution in [3.8, 4) is 5.75 Å². The van der Waals surface area contributed by atoms with E-state index in [1.165, 1.54) is 30.8 Å². The number of nitrogens with one attached hydrogen (secondary N) is 4. The normalized spacial score (nSPS) is 11.7. The van der Waals surface area contributed by atoms with Crippen LogP contribution in [-0.4, -0.2) is 29.9 Å². The number of hydrogen-bond donors (Lipinski definition) is 4. The molecule has 0 radical (unpaired) electrons. The molecule has 0 amide bonds. The van der Waals surface area contributed by atoms with Crippen molar-refractivity contribution in [2.24, 2.45) is 10.1 Å². The number of benzene rings is 3. The Kier molecular flexibility index (Phi) is 9.49. The number of thiocarbonyl (C=S) groups is 1. The fourth-order valence-corrected chi connectivity index (χ4v) is 3.34. The van der Waals surface area contributed by atoms with Crippen LogP contribution in [0, 0.1) is 11.2 Å². The lowest BCUT2D eigenvalue weighted by Crippen LogP contribution is -2.25. The predicted octanol–water partition coefficient (Wildman–Crippen LogP) is 6.63. The first-order valence-electron chi connectivity index (χ1n) is 11.2. The molecule has 3 aromatic carbocycles. The lowest BCUT2D eigenvalue weighted by Gasteiger charge is -2.15. The molecule has 3 aromatic rings. The summed E-state index contributed by atoms with van der Waals surface area (Å²) in [6, 6.07) is 16.7. The molecular weight excluding hydrogens is 520 g/mol. The zero-order valence-corrected chi connectivity index (χ0v) is 21.1. The molecule has 0 unspecified atom stereocenters. The summed E-state index contributed by atoms with van der Waals surface area (Å²) in [5, 5.41) is 17.9. The second-order valence-corrected chi connectivity index (χ2v) is 8.54. The third kappa shape index (κ3) is 8.66. The molecule has 198 valence electrons. The van der Waals surface area contributed by atoms with Crippen LogP contribution in [0.15, 0.2) is 76.8 Å². The van der Waals surface area contributed by atoms with E-state index in [4.69, 9.17) is 17.6 Å². The fraction of sp³-hybridized carbons (Fsp3) is 0.154. The van der Waals surface area contributed by atoms with Crippen LogP contribution in [-0.2, 0) is 0 Å². The molecule has 0 aliphatic heterocycles. The monoisotopic (exact) mass is 544 g/mol. The number of nitrogens with zero attached hydrogens (tertiary/aromatic N) is 2. The minimum atomic E-state index is -4.76. The Morgan fingerprint density at radius 1 is 1.03 bits per heavy atom. The highest BCUT2D eigenvalue weighted by atomic mass is 32.1. The molecule has 3 rings (SSSR count). The number of ether oxygens (including phenoxy) is 1. The third-order valence-corrected chi connectivity index (χ3v) is 5.18. The Labute approximate surface area is 222 Å². The standard InChI is InChI=1S/C26H24F4N6OS/c1-16(2)21-4-3-5-22(27)23(21)35-25(38)36-34-14-17-6-8-18(9-7-17)24(31)33-15-32-19-10-12-20(13-11-19)37-26(28,29)30/h3-16H,1-2H3,(H2,31,32,33)(H2,35,36,38)/b34-14+. The number of anilines is 2. The molecule has 38 heavy (non-hydrogen) atoms. The van der Waals surface area contributed by atoms with E-state index in [-0.39, 0.29) is 22.6 Å². The molecule has 0 fully saturated rings. The Balaban J connectivity index is 1.50. The van der Waals surface area contributed by atoms with Gasteiger partial charge in [-0.15, -0.1) is 13.2 Å². The lowest BCUT2D eigenvalue weighted by atomic mass is 10.0. The van der Waals surface area contributed by atoms with E-state index >= 15 is 0 Å². The Morgan fingerprint density at radius 2 is 1.71 bits per heavy atom. The van der Waals surface area contributed by atoms with Crippen molar-refractivity contribution in [3.63, 3.8) is 0 Å². The minimum absolute atomic E-state index is 0.0349. The molecule has 0 saturated heterocycles. The highest BCUT2D eigenvalue weighted by Crippen LogP contribution is 2.27. The van der Waals surface area contributed by atoms with Crippen LogP contribution in [0.4, 0.5) is 28.9 Å². The maximum absolute atomic E-state index is 14.2. The molecule has 0 atom stereocenters. The summed E-state index contributed by atoms with van der Waals surface area (Å²) in [5.41, 5.74) is 5.47. The number of hydrogen-bond acceptors (Lipinski definition) is 4. The van der Waals surface area contributed by atoms with Crippen molar-refractivity contribution in [3.05, 3.63) is 89.2 Å². The van der Waals surface area contributed by atoms with Gasteiger partial charge in [0, 0.05) is 11.3 Å². The van der Waals surface area contributed by atoms with Gasteiger partial charge in [0.05, 0.1) is 18.2 Å². The molecule has 0 aromatic heterocycles. The Morgan fingerprint density at radius 3 is 2.34 bits per heavy atom. The van der Waals surface area contributed by atoms with Crippen LogP contribution < -0.4 is 20.8 Å². The van der Waals surface area contributed by atoms with Crippen LogP contribution >= 0.6 is 12.2 Å². The molecule has 0 heterocycles. The maximum atomic E-state index is 14.2. The number of amidine groups is 1. The van der Waals surface area contributed by atoms with E-state index in [1.54, 1.807) is 30.3 Å². The van der Waals surface area contributed by atoms with Gasteiger partial charge in [0.15, 0.2) is 10.9 Å². The maximum Gasteiger partial charge on any atom is 0.573 e. The van der Waals surface area contributed by atoms with Gasteiger partial charge in [0.25, 0.3) is 0 Å². The van der Waals surface area contributed by atoms with Gasteiger partial charge in [-0.2, -0.15) is 5.10 Å². The van der Waals surface area contributed by atoms with E-state index in [1.807, 2.05) is 19.9 Å². The van der Waals surface area contributed by atoms with Crippen molar-refractivity contribution in [2.45, 2.75) is 26.1 Å². The number of halogens is 4. The largest absolute Gasteiger partial charge is 0.573 e. The van der Waals surface area contributed by atoms with Gasteiger partial charge < -0.3 is 15.4 Å². The van der Waals surface area contributed by atoms with Crippen molar-refractivity contribution in [1.82, 2.24) is 5.43 Å². The van der Waals surface area contributed by atoms with Crippen LogP contribution in [0.1, 0.15) is 36.5 Å². The summed E-state index contributed by atoms with van der Waals surface area (Å²) >= 11 is 5.21. The van der Waals surface area contributed by atoms with Gasteiger partial charge in [-0.25, -0.2) is 9.38 Å². The third-order valence-electron chi connectivity index (χ3n) is 4.98. The highest BCUT2D eigenvalue weighted by Gasteiger charge is 2.30. The summed E-state index contributed by atoms with van der Waals surface area (Å²) in [5.74, 6) is -0.679. The Bertz CT molecular complexity index is 1320. The summed E-state index contributed by atoms with van der Waals surface area (Å²) in [4.78, 5) is 3.99. The average molecular weight is 545 g/mol. The van der Waals surface area contributed by atoms with Crippen LogP contribution in [0.3, 0.4) is 0 Å². The molecular formula is C26H24F4N6OS. The zero-order valence-electron chi connectivity index (χ0n) is 20.3. The first kappa shape index (κ1) is 28.3. The SMILES string of the molecule is CC(C)c1cccc(F)c1NC(=S)N/N=C/c1ccc(C(=N)/N=C\Nc2ccc(OC(F)(F)F)cc2)cc1. The van der Waals surface area contributed by atoms with Gasteiger partial charge in [0.2, 0.25) is 0 Å². The summed E-state index contributed by atoms with van der Waals surface area (Å²) in [6.07, 6.45) is -1.98. The number of aliphatic imine (C=N–C) groups is 1. The van der Waals surface area contributed by atoms with Gasteiger partial charge in [-0.05, 0) is 59.6 Å². The first-order valence-corrected chi connectivity index (χ1v) is 11.6. The zero-order chi connectivity index (χ0) is 27.7. The van der Waals surface area contributed by atoms with Crippen LogP contribution in [0.5, 0.6) is 5.75 Å². The number of para-hydroxylation sites is 1. The average Bonchev–Trinajstić information content (AvgIpc) is 2.85. The van der Waals surface area contributed by atoms with E-state index in [0.717, 1.165) is 17.7 Å². The van der Waals surface area contributed by atoms with Gasteiger partial charge >= 0.3 is 6.36 Å². The second kappa shape index (κ2) is 12.8. The highest BCUT2D eigenvalue weighted by molar-refractivity contribution is 7.80. The van der Waals surface area contributed by atoms with E-state index in [2.05, 4.69) is 30.9 Å². The molecule has 4 N–H and O–H groups in total. The molecule has 7 nitrogen and oxygen atoms in total. The van der Waals surface area contributed by atoms with Crippen molar-refractivity contribution < 1.29 is 22.3 Å². The fourth-order valence-electron chi connectivity index (χ4n) is 3.19. The van der Waals surface area contributed by atoms with E-state index in [0.29, 0.717) is 22.5 Å². The molecule has 0 saturated carbocycles. The topological polar surface area (TPSA) is 93.9 Å². The summed E-state index contributed by atoms with van der Waals surface area (Å²) in [7, 11) is 0. The minimum Gasteiger partial charge on any atom is -0.406 e. The van der Waals surface area contributed by atoms with Gasteiger partial charge in [0.1, 0.15) is 11.6 Å². The molecule has 0 spiro atoms. The summed E-state index contributed by atoms with van der Waals surface area (Å²) in [6.45, 7) is 3.91. The number of hydrazone groups is 1. The van der Waals surface area contributed by atoms with Gasteiger partial charge in [-0.3, -0.25) is 10.8 Å².